The van der Waals surface area contributed by atoms with Crippen molar-refractivity contribution in [2.24, 2.45) is 0 Å². The van der Waals surface area contributed by atoms with Crippen LogP contribution >= 0.6 is 0 Å². The maximum atomic E-state index is 12.9. The fourth-order valence-electron chi connectivity index (χ4n) is 3.61. The van der Waals surface area contributed by atoms with Crippen LogP contribution in [-0.4, -0.2) is 26.1 Å². The average Bonchev–Trinajstić information content (AvgIpc) is 3.28. The Kier molecular flexibility index (Phi) is 6.17. The molecular formula is C25H25N5O. The van der Waals surface area contributed by atoms with E-state index in [0.29, 0.717) is 12.2 Å². The van der Waals surface area contributed by atoms with Gasteiger partial charge in [-0.3, -0.25) is 4.79 Å². The van der Waals surface area contributed by atoms with Gasteiger partial charge in [0.1, 0.15) is 0 Å². The molecule has 0 radical (unpaired) electrons. The molecular weight excluding hydrogens is 386 g/mol. The van der Waals surface area contributed by atoms with Crippen molar-refractivity contribution >= 4 is 5.91 Å². The highest BCUT2D eigenvalue weighted by Gasteiger charge is 2.19. The third kappa shape index (κ3) is 4.86. The van der Waals surface area contributed by atoms with E-state index in [0.717, 1.165) is 22.4 Å². The van der Waals surface area contributed by atoms with E-state index in [1.54, 1.807) is 4.68 Å². The maximum absolute atomic E-state index is 12.9. The van der Waals surface area contributed by atoms with Gasteiger partial charge in [0, 0.05) is 12.3 Å². The van der Waals surface area contributed by atoms with Crippen LogP contribution in [0.25, 0.3) is 5.69 Å². The van der Waals surface area contributed by atoms with E-state index in [9.17, 15) is 4.79 Å². The van der Waals surface area contributed by atoms with Crippen molar-refractivity contribution in [2.45, 2.75) is 32.7 Å². The molecule has 0 spiro atoms. The molecule has 0 saturated heterocycles. The zero-order valence-electron chi connectivity index (χ0n) is 17.7. The molecule has 1 aromatic heterocycles. The Morgan fingerprint density at radius 2 is 1.55 bits per heavy atom. The minimum atomic E-state index is -0.0488. The molecule has 31 heavy (non-hydrogen) atoms. The van der Waals surface area contributed by atoms with E-state index in [2.05, 4.69) is 59.0 Å². The summed E-state index contributed by atoms with van der Waals surface area (Å²) in [4.78, 5) is 12.9. The first-order chi connectivity index (χ1) is 15.1. The van der Waals surface area contributed by atoms with E-state index in [1.807, 2.05) is 54.6 Å². The molecule has 1 heterocycles. The molecule has 0 unspecified atom stereocenters. The zero-order valence-corrected chi connectivity index (χ0v) is 17.7. The number of amides is 1. The highest BCUT2D eigenvalue weighted by atomic mass is 16.1. The van der Waals surface area contributed by atoms with Crippen LogP contribution in [0.15, 0.2) is 78.9 Å². The van der Waals surface area contributed by atoms with Gasteiger partial charge in [-0.1, -0.05) is 66.7 Å². The van der Waals surface area contributed by atoms with Gasteiger partial charge < -0.3 is 5.32 Å². The van der Waals surface area contributed by atoms with Gasteiger partial charge in [-0.25, -0.2) is 0 Å². The molecule has 1 N–H and O–H groups in total. The number of benzene rings is 3. The van der Waals surface area contributed by atoms with E-state index in [4.69, 9.17) is 0 Å². The summed E-state index contributed by atoms with van der Waals surface area (Å²) in [6, 6.07) is 26.3. The number of nitrogens with one attached hydrogen (secondary N) is 1. The standard InChI is InChI=1S/C25H25N5O/c1-18-13-14-22(15-19(18)2)30-24(27-28-29-30)17-26-25(31)16-23(20-9-5-3-6-10-20)21-11-7-4-8-12-21/h3-15,23H,16-17H2,1-2H3,(H,26,31). The van der Waals surface area contributed by atoms with Crippen molar-refractivity contribution in [2.75, 3.05) is 0 Å². The lowest BCUT2D eigenvalue weighted by Gasteiger charge is -2.18. The Morgan fingerprint density at radius 3 is 2.16 bits per heavy atom. The summed E-state index contributed by atoms with van der Waals surface area (Å²) in [6.45, 7) is 4.38. The molecule has 3 aromatic carbocycles. The molecule has 1 amide bonds. The van der Waals surface area contributed by atoms with E-state index < -0.39 is 0 Å². The number of aryl methyl sites for hydroxylation is 2. The van der Waals surface area contributed by atoms with Crippen LogP contribution in [0.2, 0.25) is 0 Å². The average molecular weight is 412 g/mol. The van der Waals surface area contributed by atoms with Crippen LogP contribution in [-0.2, 0) is 11.3 Å². The minimum absolute atomic E-state index is 0.0156. The van der Waals surface area contributed by atoms with Crippen LogP contribution in [0.3, 0.4) is 0 Å². The van der Waals surface area contributed by atoms with E-state index >= 15 is 0 Å². The number of hydrogen-bond donors (Lipinski definition) is 1. The van der Waals surface area contributed by atoms with Crippen molar-refractivity contribution < 1.29 is 4.79 Å². The molecule has 6 nitrogen and oxygen atoms in total. The number of carbonyl (C=O) groups excluding carboxylic acids is 1. The highest BCUT2D eigenvalue weighted by molar-refractivity contribution is 5.77. The number of rotatable bonds is 7. The molecule has 0 atom stereocenters. The second-order valence-corrected chi connectivity index (χ2v) is 7.63. The second kappa shape index (κ2) is 9.34. The fraction of sp³-hybridized carbons (Fsp3) is 0.200. The number of nitrogens with zero attached hydrogens (tertiary/aromatic N) is 4. The zero-order chi connectivity index (χ0) is 21.6. The smallest absolute Gasteiger partial charge is 0.221 e. The summed E-state index contributed by atoms with van der Waals surface area (Å²) in [7, 11) is 0. The van der Waals surface area contributed by atoms with Gasteiger partial charge in [-0.05, 0) is 58.7 Å². The Labute approximate surface area is 181 Å². The SMILES string of the molecule is Cc1ccc(-n2nnnc2CNC(=O)CC(c2ccccc2)c2ccccc2)cc1C. The first kappa shape index (κ1) is 20.5. The number of tetrazole rings is 1. The summed E-state index contributed by atoms with van der Waals surface area (Å²) in [5.41, 5.74) is 5.48. The van der Waals surface area contributed by atoms with Crippen molar-refractivity contribution in [3.8, 4) is 5.69 Å². The molecule has 4 rings (SSSR count). The van der Waals surface area contributed by atoms with Crippen LogP contribution < -0.4 is 5.32 Å². The molecule has 0 saturated carbocycles. The normalized spacial score (nSPS) is 10.9. The third-order valence-corrected chi connectivity index (χ3v) is 5.51. The summed E-state index contributed by atoms with van der Waals surface area (Å²) in [6.07, 6.45) is 0.346. The van der Waals surface area contributed by atoms with Crippen LogP contribution in [0.4, 0.5) is 0 Å². The highest BCUT2D eigenvalue weighted by Crippen LogP contribution is 2.27. The molecule has 0 bridgehead atoms. The largest absolute Gasteiger partial charge is 0.349 e. The first-order valence-corrected chi connectivity index (χ1v) is 10.3. The van der Waals surface area contributed by atoms with Gasteiger partial charge in [0.15, 0.2) is 5.82 Å². The van der Waals surface area contributed by atoms with Crippen molar-refractivity contribution in [1.82, 2.24) is 25.5 Å². The van der Waals surface area contributed by atoms with E-state index in [1.165, 1.54) is 5.56 Å². The lowest BCUT2D eigenvalue weighted by atomic mass is 9.88. The van der Waals surface area contributed by atoms with Gasteiger partial charge in [-0.15, -0.1) is 5.10 Å². The predicted molar refractivity (Wildman–Crippen MR) is 120 cm³/mol. The molecule has 4 aromatic rings. The van der Waals surface area contributed by atoms with Gasteiger partial charge in [-0.2, -0.15) is 4.68 Å². The number of carbonyl (C=O) groups is 1. The topological polar surface area (TPSA) is 72.7 Å². The van der Waals surface area contributed by atoms with Gasteiger partial charge in [0.05, 0.1) is 12.2 Å². The lowest BCUT2D eigenvalue weighted by molar-refractivity contribution is -0.121. The number of aromatic nitrogens is 4. The Hall–Kier alpha value is -3.80. The quantitative estimate of drug-likeness (QED) is 0.497. The summed E-state index contributed by atoms with van der Waals surface area (Å²) in [5, 5.41) is 15.0. The molecule has 0 aliphatic carbocycles. The monoisotopic (exact) mass is 411 g/mol. The molecule has 0 fully saturated rings. The summed E-state index contributed by atoms with van der Waals surface area (Å²) in [5.74, 6) is 0.526. The first-order valence-electron chi connectivity index (χ1n) is 10.3. The third-order valence-electron chi connectivity index (χ3n) is 5.51. The Balaban J connectivity index is 1.48. The summed E-state index contributed by atoms with van der Waals surface area (Å²) < 4.78 is 1.67. The molecule has 0 aliphatic rings. The summed E-state index contributed by atoms with van der Waals surface area (Å²) >= 11 is 0. The molecule has 6 heteroatoms. The second-order valence-electron chi connectivity index (χ2n) is 7.63. The van der Waals surface area contributed by atoms with Gasteiger partial charge in [0.25, 0.3) is 0 Å². The molecule has 0 aliphatic heterocycles. The predicted octanol–water partition coefficient (Wildman–Crippen LogP) is 4.12. The maximum Gasteiger partial charge on any atom is 0.221 e. The fourth-order valence-corrected chi connectivity index (χ4v) is 3.61. The van der Waals surface area contributed by atoms with E-state index in [-0.39, 0.29) is 18.4 Å². The minimum Gasteiger partial charge on any atom is -0.349 e. The van der Waals surface area contributed by atoms with Crippen LogP contribution in [0.5, 0.6) is 0 Å². The van der Waals surface area contributed by atoms with Crippen molar-refractivity contribution in [3.05, 3.63) is 107 Å². The lowest BCUT2D eigenvalue weighted by Crippen LogP contribution is -2.26. The van der Waals surface area contributed by atoms with Crippen molar-refractivity contribution in [3.63, 3.8) is 0 Å². The van der Waals surface area contributed by atoms with Crippen LogP contribution in [0, 0.1) is 13.8 Å². The molecule has 156 valence electrons. The van der Waals surface area contributed by atoms with Crippen LogP contribution in [0.1, 0.15) is 40.4 Å². The Morgan fingerprint density at radius 1 is 0.903 bits per heavy atom. The number of hydrogen-bond acceptors (Lipinski definition) is 4. The Bertz CT molecular complexity index is 1120. The van der Waals surface area contributed by atoms with Gasteiger partial charge >= 0.3 is 0 Å². The van der Waals surface area contributed by atoms with Gasteiger partial charge in [0.2, 0.25) is 5.91 Å². The van der Waals surface area contributed by atoms with Crippen molar-refractivity contribution in [1.29, 1.82) is 0 Å².